The van der Waals surface area contributed by atoms with Crippen molar-refractivity contribution in [3.63, 3.8) is 0 Å². The Bertz CT molecular complexity index is 769. The molecule has 0 radical (unpaired) electrons. The Kier molecular flexibility index (Phi) is 4.05. The molecule has 0 bridgehead atoms. The van der Waals surface area contributed by atoms with Gasteiger partial charge in [-0.3, -0.25) is 4.98 Å². The number of anilines is 1. The number of pyridine rings is 1. The van der Waals surface area contributed by atoms with E-state index < -0.39 is 26.8 Å². The maximum atomic E-state index is 12.4. The van der Waals surface area contributed by atoms with Crippen LogP contribution in [0.4, 0.5) is 19.1 Å². The number of nitrogens with zero attached hydrogens (tertiary/aromatic N) is 3. The number of nitrogens with one attached hydrogen (secondary N) is 1. The van der Waals surface area contributed by atoms with Crippen LogP contribution >= 0.6 is 0 Å². The third-order valence-corrected chi connectivity index (χ3v) is 3.86. The van der Waals surface area contributed by atoms with E-state index in [1.807, 2.05) is 0 Å². The highest BCUT2D eigenvalue weighted by molar-refractivity contribution is 7.92. The first-order chi connectivity index (χ1) is 10.1. The van der Waals surface area contributed by atoms with Crippen molar-refractivity contribution in [2.24, 2.45) is 0 Å². The zero-order chi connectivity index (χ0) is 16.5. The summed E-state index contributed by atoms with van der Waals surface area (Å²) >= 11 is 0. The zero-order valence-electron chi connectivity index (χ0n) is 11.5. The van der Waals surface area contributed by atoms with Crippen LogP contribution < -0.4 is 4.72 Å². The number of sulfonamides is 1. The summed E-state index contributed by atoms with van der Waals surface area (Å²) in [6.45, 7) is 3.32. The van der Waals surface area contributed by atoms with Crippen LogP contribution in [0.1, 0.15) is 17.1 Å². The van der Waals surface area contributed by atoms with Gasteiger partial charge in [-0.05, 0) is 32.0 Å². The molecule has 1 N–H and O–H groups in total. The Labute approximate surface area is 124 Å². The quantitative estimate of drug-likeness (QED) is 0.932. The smallest absolute Gasteiger partial charge is 0.250 e. The minimum absolute atomic E-state index is 0.155. The van der Waals surface area contributed by atoms with Crippen LogP contribution in [0.15, 0.2) is 29.3 Å². The number of aryl methyl sites for hydroxylation is 2. The van der Waals surface area contributed by atoms with Crippen LogP contribution in [-0.4, -0.2) is 23.4 Å². The second-order valence-electron chi connectivity index (χ2n) is 4.46. The molecule has 6 nitrogen and oxygen atoms in total. The van der Waals surface area contributed by atoms with Gasteiger partial charge >= 0.3 is 6.18 Å². The lowest BCUT2D eigenvalue weighted by molar-refractivity contribution is -0.141. The van der Waals surface area contributed by atoms with Crippen molar-refractivity contribution in [1.29, 1.82) is 0 Å². The van der Waals surface area contributed by atoms with Crippen LogP contribution in [0.5, 0.6) is 0 Å². The largest absolute Gasteiger partial charge is 0.433 e. The molecule has 0 amide bonds. The van der Waals surface area contributed by atoms with E-state index in [0.717, 1.165) is 6.07 Å². The van der Waals surface area contributed by atoms with E-state index in [2.05, 4.69) is 19.7 Å². The zero-order valence-corrected chi connectivity index (χ0v) is 12.3. The fourth-order valence-electron chi connectivity index (χ4n) is 1.66. The molecule has 0 aromatic carbocycles. The molecule has 0 aliphatic heterocycles. The van der Waals surface area contributed by atoms with Crippen molar-refractivity contribution in [3.05, 3.63) is 41.5 Å². The average Bonchev–Trinajstić information content (AvgIpc) is 2.36. The Morgan fingerprint density at radius 3 is 2.14 bits per heavy atom. The third kappa shape index (κ3) is 3.70. The van der Waals surface area contributed by atoms with Gasteiger partial charge in [-0.25, -0.2) is 23.1 Å². The monoisotopic (exact) mass is 332 g/mol. The van der Waals surface area contributed by atoms with E-state index in [4.69, 9.17) is 0 Å². The van der Waals surface area contributed by atoms with Gasteiger partial charge in [-0.2, -0.15) is 13.2 Å². The first-order valence-corrected chi connectivity index (χ1v) is 7.44. The van der Waals surface area contributed by atoms with Crippen LogP contribution in [0, 0.1) is 13.8 Å². The number of halogens is 3. The molecule has 22 heavy (non-hydrogen) atoms. The number of alkyl halides is 3. The van der Waals surface area contributed by atoms with Gasteiger partial charge in [0.25, 0.3) is 10.0 Å². The average molecular weight is 332 g/mol. The molecule has 0 atom stereocenters. The fraction of sp³-hybridized carbons (Fsp3) is 0.250. The Morgan fingerprint density at radius 2 is 1.68 bits per heavy atom. The van der Waals surface area contributed by atoms with Gasteiger partial charge < -0.3 is 0 Å². The predicted molar refractivity (Wildman–Crippen MR) is 71.6 cm³/mol. The summed E-state index contributed by atoms with van der Waals surface area (Å²) in [5.41, 5.74) is -0.0689. The van der Waals surface area contributed by atoms with Crippen LogP contribution in [0.25, 0.3) is 0 Å². The van der Waals surface area contributed by atoms with Crippen molar-refractivity contribution < 1.29 is 21.6 Å². The molecule has 0 aliphatic rings. The van der Waals surface area contributed by atoms with Crippen molar-refractivity contribution in [3.8, 4) is 0 Å². The van der Waals surface area contributed by atoms with Gasteiger partial charge in [-0.15, -0.1) is 0 Å². The van der Waals surface area contributed by atoms with E-state index >= 15 is 0 Å². The highest BCUT2D eigenvalue weighted by Crippen LogP contribution is 2.27. The normalized spacial score (nSPS) is 12.2. The van der Waals surface area contributed by atoms with Crippen molar-refractivity contribution >= 4 is 16.0 Å². The number of aromatic nitrogens is 3. The lowest BCUT2D eigenvalue weighted by Crippen LogP contribution is -2.17. The molecule has 0 unspecified atom stereocenters. The van der Waals surface area contributed by atoms with E-state index in [0.29, 0.717) is 23.7 Å². The topological polar surface area (TPSA) is 84.8 Å². The maximum Gasteiger partial charge on any atom is 0.433 e. The van der Waals surface area contributed by atoms with Crippen LogP contribution in [-0.2, 0) is 16.2 Å². The molecular formula is C12H11F3N4O2S. The summed E-state index contributed by atoms with van der Waals surface area (Å²) in [4.78, 5) is 10.5. The van der Waals surface area contributed by atoms with Crippen molar-refractivity contribution in [2.45, 2.75) is 24.9 Å². The van der Waals surface area contributed by atoms with Gasteiger partial charge in [0.1, 0.15) is 10.6 Å². The highest BCUT2D eigenvalue weighted by Gasteiger charge is 2.32. The number of rotatable bonds is 3. The van der Waals surface area contributed by atoms with Gasteiger partial charge in [0.05, 0.1) is 0 Å². The molecule has 118 valence electrons. The molecule has 0 saturated heterocycles. The molecule has 2 heterocycles. The number of hydrogen-bond donors (Lipinski definition) is 1. The minimum atomic E-state index is -4.63. The van der Waals surface area contributed by atoms with E-state index in [1.54, 1.807) is 19.9 Å². The third-order valence-electron chi connectivity index (χ3n) is 2.55. The molecular weight excluding hydrogens is 321 g/mol. The fourth-order valence-corrected chi connectivity index (χ4v) is 2.55. The Balaban J connectivity index is 2.30. The molecule has 0 fully saturated rings. The summed E-state index contributed by atoms with van der Waals surface area (Å²) in [7, 11) is -4.11. The van der Waals surface area contributed by atoms with Gasteiger partial charge in [-0.1, -0.05) is 0 Å². The Morgan fingerprint density at radius 1 is 1.09 bits per heavy atom. The van der Waals surface area contributed by atoms with Crippen LogP contribution in [0.2, 0.25) is 0 Å². The molecule has 10 heteroatoms. The lowest BCUT2D eigenvalue weighted by Gasteiger charge is -2.09. The van der Waals surface area contributed by atoms with Gasteiger partial charge in [0.15, 0.2) is 0 Å². The SMILES string of the molecule is Cc1cc(C)nc(NS(=O)(=O)c2ccc(C(F)(F)F)nc2)n1. The van der Waals surface area contributed by atoms with E-state index in [9.17, 15) is 21.6 Å². The molecule has 0 spiro atoms. The summed E-state index contributed by atoms with van der Waals surface area (Å²) < 4.78 is 63.5. The van der Waals surface area contributed by atoms with Gasteiger partial charge in [0, 0.05) is 17.6 Å². The number of hydrogen-bond acceptors (Lipinski definition) is 5. The van der Waals surface area contributed by atoms with Crippen molar-refractivity contribution in [2.75, 3.05) is 4.72 Å². The van der Waals surface area contributed by atoms with Crippen LogP contribution in [0.3, 0.4) is 0 Å². The molecule has 2 rings (SSSR count). The molecule has 0 saturated carbocycles. The van der Waals surface area contributed by atoms with Crippen molar-refractivity contribution in [1.82, 2.24) is 15.0 Å². The summed E-state index contributed by atoms with van der Waals surface area (Å²) in [5.74, 6) is -0.155. The lowest BCUT2D eigenvalue weighted by atomic mass is 10.3. The molecule has 0 aliphatic carbocycles. The first kappa shape index (κ1) is 16.1. The molecule has 2 aromatic heterocycles. The maximum absolute atomic E-state index is 12.4. The van der Waals surface area contributed by atoms with E-state index in [1.165, 1.54) is 0 Å². The standard InChI is InChI=1S/C12H11F3N4O2S/c1-7-5-8(2)18-11(17-7)19-22(20,21)9-3-4-10(16-6-9)12(13,14)15/h3-6H,1-2H3,(H,17,18,19). The molecule has 2 aromatic rings. The second-order valence-corrected chi connectivity index (χ2v) is 6.14. The predicted octanol–water partition coefficient (Wildman–Crippen LogP) is 2.31. The summed E-state index contributed by atoms with van der Waals surface area (Å²) in [5, 5.41) is 0. The summed E-state index contributed by atoms with van der Waals surface area (Å²) in [6.07, 6.45) is -4.00. The summed E-state index contributed by atoms with van der Waals surface area (Å²) in [6, 6.07) is 3.06. The van der Waals surface area contributed by atoms with E-state index in [-0.39, 0.29) is 5.95 Å². The second kappa shape index (κ2) is 5.52. The Hall–Kier alpha value is -2.23. The highest BCUT2D eigenvalue weighted by atomic mass is 32.2. The minimum Gasteiger partial charge on any atom is -0.250 e. The first-order valence-electron chi connectivity index (χ1n) is 5.96. The van der Waals surface area contributed by atoms with Gasteiger partial charge in [0.2, 0.25) is 5.95 Å².